The second-order valence-electron chi connectivity index (χ2n) is 7.50. The molecule has 0 saturated heterocycles. The van der Waals surface area contributed by atoms with E-state index in [0.29, 0.717) is 37.0 Å². The van der Waals surface area contributed by atoms with Gasteiger partial charge in [0.05, 0.1) is 12.3 Å². The summed E-state index contributed by atoms with van der Waals surface area (Å²) in [6.45, 7) is 4.48. The number of carboxylic acids is 1. The van der Waals surface area contributed by atoms with Crippen LogP contribution in [0.25, 0.3) is 21.5 Å². The highest BCUT2D eigenvalue weighted by molar-refractivity contribution is 7.17. The Bertz CT molecular complexity index is 1250. The van der Waals surface area contributed by atoms with Gasteiger partial charge in [0.1, 0.15) is 11.5 Å². The molecule has 1 unspecified atom stereocenters. The number of halogens is 1. The van der Waals surface area contributed by atoms with Gasteiger partial charge in [-0.05, 0) is 61.2 Å². The zero-order chi connectivity index (χ0) is 23.4. The predicted octanol–water partition coefficient (Wildman–Crippen LogP) is 6.17. The summed E-state index contributed by atoms with van der Waals surface area (Å²) in [5.41, 5.74) is 2.66. The van der Waals surface area contributed by atoms with Gasteiger partial charge in [0.15, 0.2) is 6.10 Å². The number of rotatable bonds is 10. The molecule has 4 rings (SSSR count). The van der Waals surface area contributed by atoms with Crippen LogP contribution in [0.4, 0.5) is 0 Å². The maximum absolute atomic E-state index is 11.5. The standard InChI is InChI=1S/C25H24ClNO5S/c1-3-30-22(25(28)29)14-17-6-9-21(19-11-13-33-23(17)19)31-12-10-20-15(2)32-24(27-20)16-4-7-18(26)8-5-16/h4-9,11,13,22H,3,10,12,14H2,1-2H3,(H,28,29). The van der Waals surface area contributed by atoms with Crippen LogP contribution in [0.15, 0.2) is 52.3 Å². The molecular formula is C25H24ClNO5S. The van der Waals surface area contributed by atoms with E-state index in [-0.39, 0.29) is 0 Å². The third-order valence-corrected chi connectivity index (χ3v) is 6.53. The fourth-order valence-electron chi connectivity index (χ4n) is 3.63. The normalized spacial score (nSPS) is 12.2. The molecule has 6 nitrogen and oxygen atoms in total. The molecule has 1 N–H and O–H groups in total. The number of aryl methyl sites for hydroxylation is 1. The van der Waals surface area contributed by atoms with Gasteiger partial charge in [-0.2, -0.15) is 0 Å². The van der Waals surface area contributed by atoms with Gasteiger partial charge in [-0.3, -0.25) is 0 Å². The first-order valence-corrected chi connectivity index (χ1v) is 11.9. The van der Waals surface area contributed by atoms with Gasteiger partial charge in [0.2, 0.25) is 5.89 Å². The minimum Gasteiger partial charge on any atom is -0.493 e. The molecule has 2 heterocycles. The maximum atomic E-state index is 11.5. The first-order valence-electron chi connectivity index (χ1n) is 10.6. The highest BCUT2D eigenvalue weighted by Gasteiger charge is 2.20. The molecule has 2 aromatic heterocycles. The van der Waals surface area contributed by atoms with Crippen LogP contribution in [0.1, 0.15) is 23.9 Å². The molecule has 8 heteroatoms. The Hall–Kier alpha value is -2.87. The zero-order valence-electron chi connectivity index (χ0n) is 18.3. The Morgan fingerprint density at radius 2 is 2.00 bits per heavy atom. The van der Waals surface area contributed by atoms with Gasteiger partial charge < -0.3 is 19.0 Å². The molecule has 0 amide bonds. The van der Waals surface area contributed by atoms with Gasteiger partial charge in [0.25, 0.3) is 0 Å². The molecule has 2 aromatic carbocycles. The van der Waals surface area contributed by atoms with Crippen LogP contribution in [0.5, 0.6) is 5.75 Å². The number of benzene rings is 2. The zero-order valence-corrected chi connectivity index (χ0v) is 19.9. The lowest BCUT2D eigenvalue weighted by Crippen LogP contribution is -2.26. The van der Waals surface area contributed by atoms with Crippen molar-refractivity contribution in [2.75, 3.05) is 13.2 Å². The number of ether oxygens (including phenoxy) is 2. The highest BCUT2D eigenvalue weighted by atomic mass is 35.5. The van der Waals surface area contributed by atoms with E-state index in [2.05, 4.69) is 4.98 Å². The van der Waals surface area contributed by atoms with Gasteiger partial charge in [-0.25, -0.2) is 9.78 Å². The van der Waals surface area contributed by atoms with Crippen molar-refractivity contribution < 1.29 is 23.8 Å². The number of hydrogen-bond donors (Lipinski definition) is 1. The van der Waals surface area contributed by atoms with Crippen LogP contribution in [-0.4, -0.2) is 35.4 Å². The van der Waals surface area contributed by atoms with E-state index in [1.165, 1.54) is 0 Å². The van der Waals surface area contributed by atoms with Crippen molar-refractivity contribution in [1.82, 2.24) is 4.98 Å². The van der Waals surface area contributed by atoms with E-state index >= 15 is 0 Å². The summed E-state index contributed by atoms with van der Waals surface area (Å²) < 4.78 is 18.3. The van der Waals surface area contributed by atoms with Crippen molar-refractivity contribution in [3.8, 4) is 17.2 Å². The number of oxazole rings is 1. The molecule has 0 spiro atoms. The summed E-state index contributed by atoms with van der Waals surface area (Å²) in [6.07, 6.45) is 0.0467. The van der Waals surface area contributed by atoms with Gasteiger partial charge >= 0.3 is 5.97 Å². The fraction of sp³-hybridized carbons (Fsp3) is 0.280. The summed E-state index contributed by atoms with van der Waals surface area (Å²) in [6, 6.07) is 13.2. The lowest BCUT2D eigenvalue weighted by Gasteiger charge is -2.14. The number of nitrogens with zero attached hydrogens (tertiary/aromatic N) is 1. The molecule has 0 aliphatic rings. The molecule has 0 saturated carbocycles. The Labute approximate surface area is 200 Å². The number of thiophene rings is 1. The Balaban J connectivity index is 1.45. The van der Waals surface area contributed by atoms with Crippen molar-refractivity contribution in [3.05, 3.63) is 69.9 Å². The van der Waals surface area contributed by atoms with Crippen molar-refractivity contribution in [2.45, 2.75) is 32.8 Å². The van der Waals surface area contributed by atoms with Crippen LogP contribution < -0.4 is 4.74 Å². The van der Waals surface area contributed by atoms with Crippen LogP contribution in [0.2, 0.25) is 5.02 Å². The summed E-state index contributed by atoms with van der Waals surface area (Å²) >= 11 is 7.53. The molecule has 0 fully saturated rings. The highest BCUT2D eigenvalue weighted by Crippen LogP contribution is 2.34. The fourth-order valence-corrected chi connectivity index (χ4v) is 4.70. The lowest BCUT2D eigenvalue weighted by molar-refractivity contribution is -0.149. The monoisotopic (exact) mass is 485 g/mol. The lowest BCUT2D eigenvalue weighted by atomic mass is 10.1. The van der Waals surface area contributed by atoms with Crippen LogP contribution in [-0.2, 0) is 22.4 Å². The number of carboxylic acid groups (broad SMARTS) is 1. The van der Waals surface area contributed by atoms with Gasteiger partial charge in [-0.15, -0.1) is 11.3 Å². The van der Waals surface area contributed by atoms with Crippen molar-refractivity contribution >= 4 is 39.0 Å². The average molecular weight is 486 g/mol. The third kappa shape index (κ3) is 5.38. The Morgan fingerprint density at radius 3 is 2.73 bits per heavy atom. The number of fused-ring (bicyclic) bond motifs is 1. The molecule has 0 radical (unpaired) electrons. The molecular weight excluding hydrogens is 462 g/mol. The SMILES string of the molecule is CCOC(Cc1ccc(OCCc2nc(-c3ccc(Cl)cc3)oc2C)c2ccsc12)C(=O)O. The molecule has 4 aromatic rings. The summed E-state index contributed by atoms with van der Waals surface area (Å²) in [7, 11) is 0. The van der Waals surface area contributed by atoms with E-state index < -0.39 is 12.1 Å². The predicted molar refractivity (Wildman–Crippen MR) is 129 cm³/mol. The van der Waals surface area contributed by atoms with E-state index in [1.54, 1.807) is 18.3 Å². The number of aromatic nitrogens is 1. The molecule has 172 valence electrons. The van der Waals surface area contributed by atoms with Crippen molar-refractivity contribution in [1.29, 1.82) is 0 Å². The topological polar surface area (TPSA) is 81.8 Å². The molecule has 33 heavy (non-hydrogen) atoms. The smallest absolute Gasteiger partial charge is 0.333 e. The minimum atomic E-state index is -0.956. The number of hydrogen-bond acceptors (Lipinski definition) is 6. The second-order valence-corrected chi connectivity index (χ2v) is 8.85. The van der Waals surface area contributed by atoms with Gasteiger partial charge in [0, 0.05) is 40.1 Å². The van der Waals surface area contributed by atoms with Gasteiger partial charge in [-0.1, -0.05) is 17.7 Å². The quantitative estimate of drug-likeness (QED) is 0.289. The molecule has 0 aliphatic heterocycles. The Morgan fingerprint density at radius 1 is 1.21 bits per heavy atom. The van der Waals surface area contributed by atoms with Crippen molar-refractivity contribution in [3.63, 3.8) is 0 Å². The number of aliphatic carboxylic acids is 1. The van der Waals surface area contributed by atoms with Crippen LogP contribution in [0, 0.1) is 6.92 Å². The van der Waals surface area contributed by atoms with Crippen molar-refractivity contribution in [2.24, 2.45) is 0 Å². The summed E-state index contributed by atoms with van der Waals surface area (Å²) in [4.78, 5) is 16.1. The second kappa shape index (κ2) is 10.4. The number of carbonyl (C=O) groups is 1. The van der Waals surface area contributed by atoms with E-state index in [9.17, 15) is 9.90 Å². The largest absolute Gasteiger partial charge is 0.493 e. The van der Waals surface area contributed by atoms with E-state index in [0.717, 1.165) is 38.4 Å². The van der Waals surface area contributed by atoms with Crippen LogP contribution in [0.3, 0.4) is 0 Å². The molecule has 0 aliphatic carbocycles. The maximum Gasteiger partial charge on any atom is 0.333 e. The van der Waals surface area contributed by atoms with Crippen LogP contribution >= 0.6 is 22.9 Å². The van der Waals surface area contributed by atoms with E-state index in [1.807, 2.05) is 54.8 Å². The summed E-state index contributed by atoms with van der Waals surface area (Å²) in [5, 5.41) is 13.0. The first kappa shape index (κ1) is 23.3. The molecule has 0 bridgehead atoms. The van der Waals surface area contributed by atoms with E-state index in [4.69, 9.17) is 25.5 Å². The summed E-state index contributed by atoms with van der Waals surface area (Å²) in [5.74, 6) is 1.13. The Kier molecular flexibility index (Phi) is 7.33. The average Bonchev–Trinajstić information content (AvgIpc) is 3.43. The minimum absolute atomic E-state index is 0.312. The third-order valence-electron chi connectivity index (χ3n) is 5.29. The molecule has 1 atom stereocenters. The first-order chi connectivity index (χ1) is 16.0.